The molecule has 0 atom stereocenters. The van der Waals surface area contributed by atoms with Crippen LogP contribution in [-0.2, 0) is 6.42 Å². The molecule has 3 heteroatoms. The molecule has 1 heterocycles. The largest absolute Gasteiger partial charge is 0.441 e. The van der Waals surface area contributed by atoms with E-state index < -0.39 is 0 Å². The molecule has 0 N–H and O–H groups in total. The lowest BCUT2D eigenvalue weighted by Gasteiger charge is -2.29. The average Bonchev–Trinajstić information content (AvgIpc) is 2.92. The van der Waals surface area contributed by atoms with Gasteiger partial charge in [0.15, 0.2) is 16.1 Å². The molecule has 202 valence electrons. The van der Waals surface area contributed by atoms with Gasteiger partial charge in [-0.1, -0.05) is 109 Å². The van der Waals surface area contributed by atoms with Gasteiger partial charge in [0.25, 0.3) is 0 Å². The Hall–Kier alpha value is -1.74. The van der Waals surface area contributed by atoms with Crippen LogP contribution in [0.3, 0.4) is 0 Å². The lowest BCUT2D eigenvalue weighted by atomic mass is 9.77. The van der Waals surface area contributed by atoms with Crippen LogP contribution in [0.25, 0.3) is 21.7 Å². The van der Waals surface area contributed by atoms with Gasteiger partial charge in [0, 0.05) is 10.8 Å². The maximum Gasteiger partial charge on any atom is 0.198 e. The highest BCUT2D eigenvalue weighted by Crippen LogP contribution is 2.40. The monoisotopic (exact) mass is 522 g/mol. The SMILES string of the molecule is CCCCCCCCCCc1ccc2c(oc(=S)c3cc(C4CCC(CCCCC)CC4)ccc32)c1F. The quantitative estimate of drug-likeness (QED) is 0.119. The van der Waals surface area contributed by atoms with E-state index >= 15 is 4.39 Å². The van der Waals surface area contributed by atoms with Crippen LogP contribution in [0, 0.1) is 16.4 Å². The Morgan fingerprint density at radius 1 is 0.757 bits per heavy atom. The van der Waals surface area contributed by atoms with Crippen molar-refractivity contribution < 1.29 is 8.81 Å². The molecule has 1 fully saturated rings. The molecule has 0 aliphatic heterocycles. The number of unbranched alkanes of at least 4 members (excludes halogenated alkanes) is 9. The van der Waals surface area contributed by atoms with Gasteiger partial charge in [-0.25, -0.2) is 4.39 Å². The second-order valence-electron chi connectivity index (χ2n) is 11.5. The van der Waals surface area contributed by atoms with Crippen LogP contribution in [0.15, 0.2) is 34.7 Å². The van der Waals surface area contributed by atoms with Gasteiger partial charge in [0.1, 0.15) is 0 Å². The van der Waals surface area contributed by atoms with Crippen molar-refractivity contribution in [3.8, 4) is 0 Å². The predicted molar refractivity (Wildman–Crippen MR) is 160 cm³/mol. The van der Waals surface area contributed by atoms with Crippen molar-refractivity contribution in [2.75, 3.05) is 0 Å². The fraction of sp³-hybridized carbons (Fsp3) is 0.618. The summed E-state index contributed by atoms with van der Waals surface area (Å²) in [6.07, 6.45) is 21.4. The summed E-state index contributed by atoms with van der Waals surface area (Å²) in [5, 5.41) is 2.81. The Morgan fingerprint density at radius 2 is 1.41 bits per heavy atom. The smallest absolute Gasteiger partial charge is 0.198 e. The van der Waals surface area contributed by atoms with Crippen LogP contribution in [0.1, 0.15) is 134 Å². The maximum absolute atomic E-state index is 15.5. The summed E-state index contributed by atoms with van der Waals surface area (Å²) >= 11 is 5.66. The Morgan fingerprint density at radius 3 is 2.14 bits per heavy atom. The fourth-order valence-electron chi connectivity index (χ4n) is 6.39. The van der Waals surface area contributed by atoms with Gasteiger partial charge in [-0.15, -0.1) is 0 Å². The van der Waals surface area contributed by atoms with Gasteiger partial charge >= 0.3 is 0 Å². The number of aryl methyl sites for hydroxylation is 1. The van der Waals surface area contributed by atoms with Gasteiger partial charge in [-0.05, 0) is 85.2 Å². The number of halogens is 1. The topological polar surface area (TPSA) is 13.1 Å². The lowest BCUT2D eigenvalue weighted by Crippen LogP contribution is -2.13. The molecule has 1 saturated carbocycles. The highest BCUT2D eigenvalue weighted by molar-refractivity contribution is 7.71. The molecule has 0 radical (unpaired) electrons. The molecule has 2 aromatic carbocycles. The first-order valence-corrected chi connectivity index (χ1v) is 15.7. The minimum Gasteiger partial charge on any atom is -0.441 e. The molecule has 0 amide bonds. The summed E-state index contributed by atoms with van der Waals surface area (Å²) in [6, 6.07) is 10.6. The Bertz CT molecular complexity index is 1190. The van der Waals surface area contributed by atoms with E-state index in [4.69, 9.17) is 16.6 Å². The first-order chi connectivity index (χ1) is 18.1. The average molecular weight is 523 g/mol. The highest BCUT2D eigenvalue weighted by Gasteiger charge is 2.23. The normalized spacial score (nSPS) is 18.1. The van der Waals surface area contributed by atoms with E-state index in [2.05, 4.69) is 32.0 Å². The molecule has 0 spiro atoms. The third-order valence-electron chi connectivity index (χ3n) is 8.76. The summed E-state index contributed by atoms with van der Waals surface area (Å²) in [5.74, 6) is 1.28. The van der Waals surface area contributed by atoms with E-state index in [1.165, 1.54) is 95.5 Å². The van der Waals surface area contributed by atoms with Crippen molar-refractivity contribution in [3.63, 3.8) is 0 Å². The maximum atomic E-state index is 15.5. The highest BCUT2D eigenvalue weighted by atomic mass is 32.1. The molecule has 1 aromatic heterocycles. The van der Waals surface area contributed by atoms with Crippen LogP contribution in [0.2, 0.25) is 0 Å². The molecule has 37 heavy (non-hydrogen) atoms. The second-order valence-corrected chi connectivity index (χ2v) is 11.9. The van der Waals surface area contributed by atoms with E-state index in [1.807, 2.05) is 12.1 Å². The molecular weight excluding hydrogens is 475 g/mol. The Labute approximate surface area is 229 Å². The van der Waals surface area contributed by atoms with Crippen LogP contribution in [-0.4, -0.2) is 0 Å². The minimum absolute atomic E-state index is 0.223. The summed E-state index contributed by atoms with van der Waals surface area (Å²) in [7, 11) is 0. The van der Waals surface area contributed by atoms with Crippen LogP contribution < -0.4 is 0 Å². The zero-order chi connectivity index (χ0) is 26.0. The van der Waals surface area contributed by atoms with Gasteiger partial charge in [0.05, 0.1) is 0 Å². The second kappa shape index (κ2) is 14.4. The van der Waals surface area contributed by atoms with Crippen molar-refractivity contribution in [1.82, 2.24) is 0 Å². The molecule has 0 unspecified atom stereocenters. The fourth-order valence-corrected chi connectivity index (χ4v) is 6.64. The zero-order valence-electron chi connectivity index (χ0n) is 23.3. The lowest BCUT2D eigenvalue weighted by molar-refractivity contribution is 0.303. The first-order valence-electron chi connectivity index (χ1n) is 15.3. The molecule has 4 rings (SSSR count). The number of hydrogen-bond donors (Lipinski definition) is 0. The van der Waals surface area contributed by atoms with E-state index in [-0.39, 0.29) is 5.82 Å². The van der Waals surface area contributed by atoms with Crippen molar-refractivity contribution in [3.05, 3.63) is 52.0 Å². The van der Waals surface area contributed by atoms with Crippen LogP contribution in [0.4, 0.5) is 4.39 Å². The van der Waals surface area contributed by atoms with E-state index in [9.17, 15) is 0 Å². The summed E-state index contributed by atoms with van der Waals surface area (Å²) in [5.41, 5.74) is 2.45. The Kier molecular flexibility index (Phi) is 11.0. The standard InChI is InChI=1S/C34H47FOS/c1-3-5-7-8-9-10-11-13-15-27-20-23-30-29-22-21-28(24-31(29)34(37)36-33(30)32(27)35)26-18-16-25(17-19-26)14-12-6-4-2/h20-26H,3-19H2,1-2H3. The third-order valence-corrected chi connectivity index (χ3v) is 9.06. The number of benzene rings is 2. The zero-order valence-corrected chi connectivity index (χ0v) is 24.1. The van der Waals surface area contributed by atoms with Crippen molar-refractivity contribution in [2.45, 2.75) is 129 Å². The van der Waals surface area contributed by atoms with Gasteiger partial charge in [-0.2, -0.15) is 0 Å². The molecule has 1 aliphatic rings. The summed E-state index contributed by atoms with van der Waals surface area (Å²) < 4.78 is 21.9. The van der Waals surface area contributed by atoms with E-state index in [1.54, 1.807) is 0 Å². The minimum atomic E-state index is -0.223. The van der Waals surface area contributed by atoms with Crippen LogP contribution in [0.5, 0.6) is 0 Å². The third kappa shape index (κ3) is 7.43. The van der Waals surface area contributed by atoms with Crippen molar-refractivity contribution in [1.29, 1.82) is 0 Å². The van der Waals surface area contributed by atoms with Crippen molar-refractivity contribution >= 4 is 34.0 Å². The number of hydrogen-bond acceptors (Lipinski definition) is 2. The molecule has 1 nitrogen and oxygen atoms in total. The first kappa shape index (κ1) is 28.3. The van der Waals surface area contributed by atoms with Gasteiger partial charge < -0.3 is 4.42 Å². The predicted octanol–water partition coefficient (Wildman–Crippen LogP) is 12.0. The number of fused-ring (bicyclic) bond motifs is 3. The molecule has 1 aliphatic carbocycles. The molecular formula is C34H47FOS. The summed E-state index contributed by atoms with van der Waals surface area (Å²) in [4.78, 5) is 0. The molecule has 0 bridgehead atoms. The van der Waals surface area contributed by atoms with Gasteiger partial charge in [0.2, 0.25) is 0 Å². The number of rotatable bonds is 14. The van der Waals surface area contributed by atoms with Crippen LogP contribution >= 0.6 is 12.2 Å². The van der Waals surface area contributed by atoms with Crippen molar-refractivity contribution in [2.24, 2.45) is 5.92 Å². The van der Waals surface area contributed by atoms with E-state index in [0.29, 0.717) is 16.2 Å². The van der Waals surface area contributed by atoms with E-state index in [0.717, 1.165) is 46.9 Å². The molecule has 0 saturated heterocycles. The summed E-state index contributed by atoms with van der Waals surface area (Å²) in [6.45, 7) is 4.53. The Balaban J connectivity index is 1.41. The van der Waals surface area contributed by atoms with Gasteiger partial charge in [-0.3, -0.25) is 0 Å². The molecule has 3 aromatic rings.